The summed E-state index contributed by atoms with van der Waals surface area (Å²) in [6.45, 7) is 12.5. The van der Waals surface area contributed by atoms with Crippen molar-refractivity contribution in [2.24, 2.45) is 5.92 Å². The van der Waals surface area contributed by atoms with Crippen LogP contribution in [0.15, 0.2) is 60.7 Å². The fourth-order valence-electron chi connectivity index (χ4n) is 6.91. The predicted octanol–water partition coefficient (Wildman–Crippen LogP) is 10.6. The van der Waals surface area contributed by atoms with Crippen LogP contribution in [0.5, 0.6) is 0 Å². The molecule has 1 aliphatic rings. The Morgan fingerprint density at radius 3 is 1.64 bits per heavy atom. The monoisotopic (exact) mass is 754 g/mol. The fraction of sp³-hybridized carbons (Fsp3) is 0.647. The maximum atomic E-state index is 4.51. The van der Waals surface area contributed by atoms with Gasteiger partial charge in [0.25, 0.3) is 0 Å². The van der Waals surface area contributed by atoms with Gasteiger partial charge in [-0.1, -0.05) is 0 Å². The first-order valence-corrected chi connectivity index (χ1v) is 29.0. The SMILES string of the molecule is CCC[CH2][Sn]([CH2]CCC)([CH2]CCC)[CH](Br)CC(C)CC1([Si](C)(c2ccccc2)c2ccccc2)SCCCS1. The molecule has 5 heteroatoms. The molecule has 0 saturated carbocycles. The van der Waals surface area contributed by atoms with E-state index < -0.39 is 26.5 Å². The molecule has 2 unspecified atom stereocenters. The fourth-order valence-corrected chi connectivity index (χ4v) is 39.7. The van der Waals surface area contributed by atoms with Crippen molar-refractivity contribution in [1.29, 1.82) is 0 Å². The zero-order valence-electron chi connectivity index (χ0n) is 25.5. The topological polar surface area (TPSA) is 0 Å². The standard InChI is InChI=1S/C22H28BrS2Si.3C4H9.Sn/c1-19(14-15-23)18-22(24-16-9-17-25-22)26(2,20-10-5-3-6-11-20)21-12-7-4-8-13-21;3*1-3-4-2;/h3-8,10-13,15,19H,9,14,16-18H2,1-2H3;3*1,3-4H2,2H3;. The minimum atomic E-state index is -2.31. The van der Waals surface area contributed by atoms with E-state index in [1.54, 1.807) is 23.7 Å². The van der Waals surface area contributed by atoms with Gasteiger partial charge in [0.15, 0.2) is 0 Å². The van der Waals surface area contributed by atoms with Crippen molar-refractivity contribution in [2.45, 2.75) is 112 Å². The quantitative estimate of drug-likeness (QED) is 0.117. The zero-order valence-corrected chi connectivity index (χ0v) is 32.6. The number of thioether (sulfide) groups is 2. The molecule has 0 N–H and O–H groups in total. The average Bonchev–Trinajstić information content (AvgIpc) is 2.97. The van der Waals surface area contributed by atoms with Crippen LogP contribution >= 0.6 is 39.5 Å². The summed E-state index contributed by atoms with van der Waals surface area (Å²) in [5, 5.41) is 3.23. The van der Waals surface area contributed by atoms with E-state index in [1.165, 1.54) is 69.3 Å². The molecule has 0 aromatic heterocycles. The van der Waals surface area contributed by atoms with Crippen LogP contribution in [0.3, 0.4) is 0 Å². The van der Waals surface area contributed by atoms with Crippen molar-refractivity contribution in [3.8, 4) is 0 Å². The van der Waals surface area contributed by atoms with Crippen LogP contribution in [0.25, 0.3) is 0 Å². The van der Waals surface area contributed by atoms with Gasteiger partial charge in [-0.2, -0.15) is 0 Å². The molecule has 3 rings (SSSR count). The van der Waals surface area contributed by atoms with Crippen LogP contribution in [-0.4, -0.2) is 44.5 Å². The molecule has 0 aliphatic carbocycles. The Morgan fingerprint density at radius 1 is 0.795 bits per heavy atom. The summed E-state index contributed by atoms with van der Waals surface area (Å²) in [7, 11) is -2.05. The third kappa shape index (κ3) is 8.60. The van der Waals surface area contributed by atoms with Gasteiger partial charge in [0.1, 0.15) is 0 Å². The molecule has 0 radical (unpaired) electrons. The molecule has 2 atom stereocenters. The van der Waals surface area contributed by atoms with Crippen LogP contribution < -0.4 is 10.4 Å². The second-order valence-corrected chi connectivity index (χ2v) is 37.9. The van der Waals surface area contributed by atoms with E-state index in [2.05, 4.69) is 134 Å². The molecular weight excluding hydrogens is 699 g/mol. The summed E-state index contributed by atoms with van der Waals surface area (Å²) in [6.07, 6.45) is 12.6. The molecule has 1 aliphatic heterocycles. The van der Waals surface area contributed by atoms with Gasteiger partial charge in [-0.05, 0) is 0 Å². The molecule has 0 bridgehead atoms. The van der Waals surface area contributed by atoms with Gasteiger partial charge >= 0.3 is 266 Å². The van der Waals surface area contributed by atoms with Crippen molar-refractivity contribution < 1.29 is 0 Å². The van der Waals surface area contributed by atoms with Crippen LogP contribution in [0.2, 0.25) is 19.9 Å². The molecule has 218 valence electrons. The Balaban J connectivity index is 1.95. The molecule has 0 spiro atoms. The molecule has 2 aromatic rings. The van der Waals surface area contributed by atoms with E-state index in [0.717, 1.165) is 8.76 Å². The van der Waals surface area contributed by atoms with Crippen LogP contribution in [0.1, 0.15) is 85.5 Å². The van der Waals surface area contributed by atoms with Gasteiger partial charge in [0.2, 0.25) is 0 Å². The first kappa shape index (κ1) is 34.1. The third-order valence-electron chi connectivity index (χ3n) is 9.40. The number of halogens is 1. The van der Waals surface area contributed by atoms with Crippen molar-refractivity contribution in [3.05, 3.63) is 60.7 Å². The van der Waals surface area contributed by atoms with Crippen molar-refractivity contribution >= 4 is 76.3 Å². The van der Waals surface area contributed by atoms with Crippen molar-refractivity contribution in [2.75, 3.05) is 11.5 Å². The van der Waals surface area contributed by atoms with Gasteiger partial charge in [-0.25, -0.2) is 0 Å². The van der Waals surface area contributed by atoms with Crippen LogP contribution in [0.4, 0.5) is 0 Å². The van der Waals surface area contributed by atoms with Gasteiger partial charge in [-0.3, -0.25) is 0 Å². The third-order valence-corrected chi connectivity index (χ3v) is 43.3. The summed E-state index contributed by atoms with van der Waals surface area (Å²) in [5.74, 6) is 3.37. The van der Waals surface area contributed by atoms with Gasteiger partial charge in [0, 0.05) is 0 Å². The summed E-state index contributed by atoms with van der Waals surface area (Å²) in [4.78, 5) is 0. The minimum absolute atomic E-state index is 0.286. The van der Waals surface area contributed by atoms with Gasteiger partial charge in [0.05, 0.1) is 0 Å². The van der Waals surface area contributed by atoms with Crippen molar-refractivity contribution in [1.82, 2.24) is 0 Å². The molecule has 1 saturated heterocycles. The number of unbranched alkanes of at least 4 members (excludes halogenated alkanes) is 3. The first-order valence-electron chi connectivity index (χ1n) is 15.9. The number of rotatable bonds is 17. The van der Waals surface area contributed by atoms with Gasteiger partial charge in [-0.15, -0.1) is 0 Å². The predicted molar refractivity (Wildman–Crippen MR) is 192 cm³/mol. The van der Waals surface area contributed by atoms with Gasteiger partial charge < -0.3 is 0 Å². The van der Waals surface area contributed by atoms with Crippen LogP contribution in [0, 0.1) is 5.92 Å². The molecule has 0 amide bonds. The van der Waals surface area contributed by atoms with E-state index in [4.69, 9.17) is 0 Å². The molecule has 1 heterocycles. The molecule has 39 heavy (non-hydrogen) atoms. The normalized spacial score (nSPS) is 17.6. The maximum absolute atomic E-state index is 4.51. The Labute approximate surface area is 264 Å². The zero-order chi connectivity index (χ0) is 28.2. The van der Waals surface area contributed by atoms with E-state index in [0.29, 0.717) is 0 Å². The Kier molecular flexibility index (Phi) is 14.9. The Hall–Kier alpha value is 0.636. The molecular formula is C34H55BrS2SiSn. The molecule has 1 fully saturated rings. The van der Waals surface area contributed by atoms with E-state index >= 15 is 0 Å². The Morgan fingerprint density at radius 2 is 1.23 bits per heavy atom. The van der Waals surface area contributed by atoms with E-state index in [9.17, 15) is 0 Å². The van der Waals surface area contributed by atoms with E-state index in [1.807, 2.05) is 0 Å². The van der Waals surface area contributed by atoms with E-state index in [-0.39, 0.29) is 3.70 Å². The summed E-state index contributed by atoms with van der Waals surface area (Å²) in [6, 6.07) is 23.3. The summed E-state index contributed by atoms with van der Waals surface area (Å²) >= 11 is 6.87. The summed E-state index contributed by atoms with van der Waals surface area (Å²) in [5.41, 5.74) is 0. The Bertz CT molecular complexity index is 873. The average molecular weight is 755 g/mol. The second kappa shape index (κ2) is 17.1. The number of hydrogen-bond acceptors (Lipinski definition) is 2. The van der Waals surface area contributed by atoms with Crippen molar-refractivity contribution in [3.63, 3.8) is 0 Å². The molecule has 2 aromatic carbocycles. The second-order valence-electron chi connectivity index (χ2n) is 12.3. The number of alkyl halides is 1. The number of hydrogen-bond donors (Lipinski definition) is 0. The number of benzene rings is 2. The van der Waals surface area contributed by atoms with Crippen LogP contribution in [-0.2, 0) is 0 Å². The molecule has 0 nitrogen and oxygen atoms in total. The first-order chi connectivity index (χ1) is 18.9. The summed E-state index contributed by atoms with van der Waals surface area (Å²) < 4.78 is 5.91.